The Labute approximate surface area is 236 Å². The number of methoxy groups -OCH3 is 1. The Kier molecular flexibility index (Phi) is 10.7. The maximum Gasteiger partial charge on any atom is 0.387 e. The van der Waals surface area contributed by atoms with Gasteiger partial charge in [0.2, 0.25) is 0 Å². The highest BCUT2D eigenvalue weighted by atomic mass is 19.3. The molecule has 1 heterocycles. The highest BCUT2D eigenvalue weighted by Crippen LogP contribution is 2.32. The first-order valence-electron chi connectivity index (χ1n) is 14.1. The van der Waals surface area contributed by atoms with E-state index in [4.69, 9.17) is 9.72 Å². The van der Waals surface area contributed by atoms with Crippen molar-refractivity contribution in [1.82, 2.24) is 14.5 Å². The van der Waals surface area contributed by atoms with Gasteiger partial charge in [-0.1, -0.05) is 69.2 Å². The lowest BCUT2D eigenvalue weighted by Crippen LogP contribution is -2.26. The van der Waals surface area contributed by atoms with Gasteiger partial charge in [-0.05, 0) is 61.3 Å². The largest absolute Gasteiger partial charge is 0.497 e. The molecule has 212 valence electrons. The van der Waals surface area contributed by atoms with Crippen LogP contribution in [0.15, 0.2) is 78.9 Å². The number of benzene rings is 3. The molecule has 40 heavy (non-hydrogen) atoms. The number of nitrogens with zero attached hydrogens (tertiary/aromatic N) is 3. The van der Waals surface area contributed by atoms with Crippen LogP contribution in [0.3, 0.4) is 0 Å². The summed E-state index contributed by atoms with van der Waals surface area (Å²) in [6.45, 7) is 4.75. The van der Waals surface area contributed by atoms with Crippen molar-refractivity contribution < 1.29 is 18.3 Å². The van der Waals surface area contributed by atoms with Crippen molar-refractivity contribution in [2.24, 2.45) is 0 Å². The van der Waals surface area contributed by atoms with Crippen LogP contribution in [0.25, 0.3) is 22.6 Å². The minimum Gasteiger partial charge on any atom is -0.497 e. The Morgan fingerprint density at radius 2 is 1.48 bits per heavy atom. The van der Waals surface area contributed by atoms with Gasteiger partial charge in [0, 0.05) is 30.8 Å². The summed E-state index contributed by atoms with van der Waals surface area (Å²) in [7, 11) is 1.67. The molecule has 4 aromatic rings. The molecule has 3 aromatic carbocycles. The second kappa shape index (κ2) is 14.6. The van der Waals surface area contributed by atoms with Crippen LogP contribution in [-0.4, -0.2) is 34.7 Å². The van der Waals surface area contributed by atoms with Gasteiger partial charge in [-0.3, -0.25) is 4.90 Å². The standard InChI is InChI=1S/C33H39F2N3O2/c1-4-6-21-37(23-25-13-17-29(18-14-25)40-33(34)35)24-30-31(26-15-19-28(39-3)20-16-26)36-32(38(30)22-7-5-2)27-11-9-8-10-12-27/h8-20,33H,4-7,21-24H2,1-3H3. The van der Waals surface area contributed by atoms with Crippen LogP contribution in [0.1, 0.15) is 50.8 Å². The maximum atomic E-state index is 12.6. The molecule has 4 rings (SSSR count). The average Bonchev–Trinajstić information content (AvgIpc) is 3.33. The summed E-state index contributed by atoms with van der Waals surface area (Å²) in [5.41, 5.74) is 5.33. The average molecular weight is 548 g/mol. The maximum absolute atomic E-state index is 12.6. The SMILES string of the molecule is CCCCN(Cc1ccc(OC(F)F)cc1)Cc1c(-c2ccc(OC)cc2)nc(-c2ccccc2)n1CCCC. The fraction of sp³-hybridized carbons (Fsp3) is 0.364. The van der Waals surface area contributed by atoms with Gasteiger partial charge in [0.05, 0.1) is 18.5 Å². The Morgan fingerprint density at radius 1 is 0.800 bits per heavy atom. The van der Waals surface area contributed by atoms with Crippen molar-refractivity contribution in [3.8, 4) is 34.1 Å². The summed E-state index contributed by atoms with van der Waals surface area (Å²) >= 11 is 0. The van der Waals surface area contributed by atoms with Crippen molar-refractivity contribution in [2.75, 3.05) is 13.7 Å². The number of halogens is 2. The van der Waals surface area contributed by atoms with E-state index < -0.39 is 6.61 Å². The first kappa shape index (κ1) is 29.3. The molecule has 0 bridgehead atoms. The highest BCUT2D eigenvalue weighted by molar-refractivity contribution is 5.69. The number of imidazole rings is 1. The fourth-order valence-electron chi connectivity index (χ4n) is 4.83. The minimum atomic E-state index is -2.83. The number of rotatable bonds is 15. The van der Waals surface area contributed by atoms with E-state index in [2.05, 4.69) is 64.4 Å². The van der Waals surface area contributed by atoms with Crippen LogP contribution < -0.4 is 9.47 Å². The van der Waals surface area contributed by atoms with E-state index in [9.17, 15) is 8.78 Å². The Bertz CT molecular complexity index is 1310. The highest BCUT2D eigenvalue weighted by Gasteiger charge is 2.22. The molecule has 0 radical (unpaired) electrons. The second-order valence-corrected chi connectivity index (χ2v) is 9.92. The lowest BCUT2D eigenvalue weighted by atomic mass is 10.1. The van der Waals surface area contributed by atoms with Crippen molar-refractivity contribution in [3.05, 3.63) is 90.1 Å². The van der Waals surface area contributed by atoms with Gasteiger partial charge in [0.1, 0.15) is 17.3 Å². The van der Waals surface area contributed by atoms with Gasteiger partial charge >= 0.3 is 6.61 Å². The van der Waals surface area contributed by atoms with Gasteiger partial charge in [0.15, 0.2) is 0 Å². The van der Waals surface area contributed by atoms with Crippen LogP contribution in [0, 0.1) is 0 Å². The van der Waals surface area contributed by atoms with Crippen molar-refractivity contribution in [2.45, 2.75) is 65.8 Å². The summed E-state index contributed by atoms with van der Waals surface area (Å²) in [4.78, 5) is 7.67. The fourth-order valence-corrected chi connectivity index (χ4v) is 4.83. The topological polar surface area (TPSA) is 39.5 Å². The third-order valence-corrected chi connectivity index (χ3v) is 6.96. The summed E-state index contributed by atoms with van der Waals surface area (Å²) in [6.07, 6.45) is 4.26. The molecule has 1 aromatic heterocycles. The molecule has 5 nitrogen and oxygen atoms in total. The molecule has 0 aliphatic carbocycles. The molecule has 0 saturated heterocycles. The Balaban J connectivity index is 1.75. The molecule has 0 amide bonds. The molecule has 0 aliphatic rings. The van der Waals surface area contributed by atoms with Gasteiger partial charge in [-0.2, -0.15) is 8.78 Å². The van der Waals surface area contributed by atoms with Crippen LogP contribution >= 0.6 is 0 Å². The van der Waals surface area contributed by atoms with Gasteiger partial charge < -0.3 is 14.0 Å². The zero-order valence-electron chi connectivity index (χ0n) is 23.7. The first-order chi connectivity index (χ1) is 19.5. The Morgan fingerprint density at radius 3 is 2.10 bits per heavy atom. The Hall–Kier alpha value is -3.71. The van der Waals surface area contributed by atoms with E-state index in [-0.39, 0.29) is 5.75 Å². The van der Waals surface area contributed by atoms with Gasteiger partial charge in [-0.15, -0.1) is 0 Å². The van der Waals surface area contributed by atoms with E-state index in [1.165, 1.54) is 5.69 Å². The van der Waals surface area contributed by atoms with Crippen LogP contribution in [0.5, 0.6) is 11.5 Å². The summed E-state index contributed by atoms with van der Waals surface area (Å²) in [5, 5.41) is 0. The first-order valence-corrected chi connectivity index (χ1v) is 14.1. The summed E-state index contributed by atoms with van der Waals surface area (Å²) in [6, 6.07) is 25.4. The quantitative estimate of drug-likeness (QED) is 0.150. The van der Waals surface area contributed by atoms with Gasteiger partial charge in [0.25, 0.3) is 0 Å². The van der Waals surface area contributed by atoms with E-state index in [0.29, 0.717) is 13.1 Å². The van der Waals surface area contributed by atoms with E-state index >= 15 is 0 Å². The number of aromatic nitrogens is 2. The summed E-state index contributed by atoms with van der Waals surface area (Å²) < 4.78 is 37.6. The number of ether oxygens (including phenoxy) is 2. The smallest absolute Gasteiger partial charge is 0.387 e. The zero-order chi connectivity index (χ0) is 28.3. The predicted octanol–water partition coefficient (Wildman–Crippen LogP) is 8.43. The molecule has 0 fully saturated rings. The van der Waals surface area contributed by atoms with Crippen LogP contribution in [0.2, 0.25) is 0 Å². The van der Waals surface area contributed by atoms with E-state index in [0.717, 1.165) is 72.7 Å². The van der Waals surface area contributed by atoms with Crippen molar-refractivity contribution in [3.63, 3.8) is 0 Å². The molecule has 7 heteroatoms. The van der Waals surface area contributed by atoms with Crippen molar-refractivity contribution in [1.29, 1.82) is 0 Å². The number of hydrogen-bond donors (Lipinski definition) is 0. The minimum absolute atomic E-state index is 0.172. The van der Waals surface area contributed by atoms with E-state index in [1.807, 2.05) is 30.3 Å². The molecular formula is C33H39F2N3O2. The molecule has 0 saturated carbocycles. The second-order valence-electron chi connectivity index (χ2n) is 9.92. The molecule has 0 aliphatic heterocycles. The molecular weight excluding hydrogens is 508 g/mol. The van der Waals surface area contributed by atoms with Crippen LogP contribution in [0.4, 0.5) is 8.78 Å². The number of unbranched alkanes of at least 4 members (excludes halogenated alkanes) is 2. The molecule has 0 N–H and O–H groups in total. The molecule has 0 unspecified atom stereocenters. The lowest BCUT2D eigenvalue weighted by Gasteiger charge is -2.24. The molecule has 0 atom stereocenters. The molecule has 0 spiro atoms. The van der Waals surface area contributed by atoms with Crippen molar-refractivity contribution >= 4 is 0 Å². The third kappa shape index (κ3) is 7.69. The lowest BCUT2D eigenvalue weighted by molar-refractivity contribution is -0.0498. The summed E-state index contributed by atoms with van der Waals surface area (Å²) in [5.74, 6) is 1.95. The third-order valence-electron chi connectivity index (χ3n) is 6.96. The van der Waals surface area contributed by atoms with Gasteiger partial charge in [-0.25, -0.2) is 4.98 Å². The normalized spacial score (nSPS) is 11.4. The van der Waals surface area contributed by atoms with Crippen LogP contribution in [-0.2, 0) is 19.6 Å². The number of alkyl halides is 2. The number of hydrogen-bond acceptors (Lipinski definition) is 4. The monoisotopic (exact) mass is 547 g/mol. The zero-order valence-corrected chi connectivity index (χ0v) is 23.7. The predicted molar refractivity (Wildman–Crippen MR) is 157 cm³/mol. The van der Waals surface area contributed by atoms with E-state index in [1.54, 1.807) is 19.2 Å².